The summed E-state index contributed by atoms with van der Waals surface area (Å²) in [6.45, 7) is 0. The Bertz CT molecular complexity index is 2190. The third-order valence-corrected chi connectivity index (χ3v) is 9.66. The van der Waals surface area contributed by atoms with Crippen LogP contribution in [0.4, 0.5) is 0 Å². The zero-order chi connectivity index (χ0) is 28.4. The van der Waals surface area contributed by atoms with Crippen LogP contribution in [0.2, 0.25) is 0 Å². The predicted molar refractivity (Wildman–Crippen MR) is 176 cm³/mol. The summed E-state index contributed by atoms with van der Waals surface area (Å²) in [7, 11) is 0. The molecule has 0 radical (unpaired) electrons. The van der Waals surface area contributed by atoms with Crippen LogP contribution in [0.25, 0.3) is 27.3 Å². The first-order valence-corrected chi connectivity index (χ1v) is 14.9. The van der Waals surface area contributed by atoms with Crippen LogP contribution in [0.5, 0.6) is 0 Å². The predicted octanol–water partition coefficient (Wildman–Crippen LogP) is 9.32. The van der Waals surface area contributed by atoms with Gasteiger partial charge < -0.3 is 0 Å². The van der Waals surface area contributed by atoms with Crippen LogP contribution < -0.4 is 0 Å². The molecule has 0 amide bonds. The van der Waals surface area contributed by atoms with E-state index >= 15 is 0 Å². The van der Waals surface area contributed by atoms with E-state index in [1.165, 1.54) is 55.2 Å². The Balaban J connectivity index is 1.66. The summed E-state index contributed by atoms with van der Waals surface area (Å²) < 4.78 is 2.47. The highest BCUT2D eigenvalue weighted by Crippen LogP contribution is 2.63. The monoisotopic (exact) mass is 548 g/mol. The highest BCUT2D eigenvalue weighted by atomic mass is 15.0. The van der Waals surface area contributed by atoms with Crippen molar-refractivity contribution >= 4 is 27.3 Å². The lowest BCUT2D eigenvalue weighted by Gasteiger charge is -2.55. The lowest BCUT2D eigenvalue weighted by Crippen LogP contribution is -2.55. The summed E-state index contributed by atoms with van der Waals surface area (Å²) in [5.41, 5.74) is 8.31. The van der Waals surface area contributed by atoms with Gasteiger partial charge in [-0.05, 0) is 33.2 Å². The summed E-state index contributed by atoms with van der Waals surface area (Å²) >= 11 is 0. The summed E-state index contributed by atoms with van der Waals surface area (Å²) in [6, 6.07) is 60.0. The van der Waals surface area contributed by atoms with Gasteiger partial charge in [-0.25, -0.2) is 4.98 Å². The Labute approximate surface area is 250 Å². The van der Waals surface area contributed by atoms with Crippen molar-refractivity contribution in [2.75, 3.05) is 0 Å². The van der Waals surface area contributed by atoms with Crippen LogP contribution in [0, 0.1) is 0 Å². The summed E-state index contributed by atoms with van der Waals surface area (Å²) in [5, 5.41) is 3.64. The fourth-order valence-electron chi connectivity index (χ4n) is 8.20. The molecule has 0 aliphatic carbocycles. The van der Waals surface area contributed by atoms with Gasteiger partial charge in [0.1, 0.15) is 5.65 Å². The van der Waals surface area contributed by atoms with Crippen LogP contribution in [0.3, 0.4) is 0 Å². The van der Waals surface area contributed by atoms with E-state index in [0.29, 0.717) is 0 Å². The van der Waals surface area contributed by atoms with Gasteiger partial charge in [0.15, 0.2) is 0 Å². The number of fused-ring (bicyclic) bond motifs is 3. The first kappa shape index (κ1) is 24.2. The minimum Gasteiger partial charge on any atom is -0.294 e. The number of nitrogens with zero attached hydrogens (tertiary/aromatic N) is 2. The molecule has 1 aliphatic rings. The Morgan fingerprint density at radius 3 is 1.37 bits per heavy atom. The van der Waals surface area contributed by atoms with E-state index in [1.54, 1.807) is 0 Å². The van der Waals surface area contributed by atoms with Crippen molar-refractivity contribution in [1.29, 1.82) is 0 Å². The second-order valence-corrected chi connectivity index (χ2v) is 11.5. The fourth-order valence-corrected chi connectivity index (χ4v) is 8.20. The molecule has 0 atom stereocenters. The highest BCUT2D eigenvalue weighted by Gasteiger charge is 2.61. The molecule has 2 heteroatoms. The van der Waals surface area contributed by atoms with Crippen LogP contribution in [-0.2, 0) is 10.8 Å². The number of hydrogen-bond donors (Lipinski definition) is 0. The van der Waals surface area contributed by atoms with Crippen molar-refractivity contribution in [1.82, 2.24) is 9.38 Å². The van der Waals surface area contributed by atoms with Gasteiger partial charge in [0.25, 0.3) is 0 Å². The van der Waals surface area contributed by atoms with Crippen LogP contribution in [0.1, 0.15) is 33.5 Å². The maximum absolute atomic E-state index is 5.26. The average Bonchev–Trinajstić information content (AvgIpc) is 3.55. The SMILES string of the molecule is c1ccc(C2(c3ccccc3)c3cccc4c5ccccc5c5ncc(n5c34)C2(c2ccccc2)c2ccccc2)cc1. The van der Waals surface area contributed by atoms with E-state index in [1.807, 2.05) is 0 Å². The van der Waals surface area contributed by atoms with Gasteiger partial charge in [0.2, 0.25) is 0 Å². The Morgan fingerprint density at radius 1 is 0.395 bits per heavy atom. The second-order valence-electron chi connectivity index (χ2n) is 11.5. The number of pyridine rings is 1. The molecule has 0 fully saturated rings. The van der Waals surface area contributed by atoms with Gasteiger partial charge in [-0.2, -0.15) is 0 Å². The highest BCUT2D eigenvalue weighted by molar-refractivity contribution is 6.13. The molecular formula is C41H28N2. The minimum absolute atomic E-state index is 0.636. The number of benzene rings is 6. The number of imidazole rings is 1. The standard InChI is InChI=1S/C41H28N2/c1-5-16-29(17-6-1)40(30-18-7-2-8-19-30)36-27-15-26-34-33-24-13-14-25-35(33)39-42-28-37(43(39)38(34)36)41(40,31-20-9-3-10-21-31)32-22-11-4-12-23-32/h1-28H. The van der Waals surface area contributed by atoms with Crippen LogP contribution in [-0.4, -0.2) is 9.38 Å². The molecule has 0 unspecified atom stereocenters. The maximum atomic E-state index is 5.26. The van der Waals surface area contributed by atoms with Crippen molar-refractivity contribution in [3.8, 4) is 0 Å². The molecule has 2 aromatic heterocycles. The second kappa shape index (κ2) is 9.01. The van der Waals surface area contributed by atoms with E-state index in [2.05, 4.69) is 174 Å². The quantitative estimate of drug-likeness (QED) is 0.200. The molecule has 8 aromatic rings. The molecule has 3 heterocycles. The largest absolute Gasteiger partial charge is 0.294 e. The van der Waals surface area contributed by atoms with Crippen molar-refractivity contribution in [3.63, 3.8) is 0 Å². The first-order chi connectivity index (χ1) is 21.4. The molecule has 1 aliphatic heterocycles. The normalized spacial score (nSPS) is 14.9. The van der Waals surface area contributed by atoms with Crippen LogP contribution in [0.15, 0.2) is 170 Å². The van der Waals surface area contributed by atoms with Crippen molar-refractivity contribution in [2.24, 2.45) is 0 Å². The molecule has 9 rings (SSSR count). The van der Waals surface area contributed by atoms with Crippen molar-refractivity contribution in [2.45, 2.75) is 10.8 Å². The first-order valence-electron chi connectivity index (χ1n) is 14.9. The fraction of sp³-hybridized carbons (Fsp3) is 0.0488. The van der Waals surface area contributed by atoms with E-state index in [0.717, 1.165) is 5.65 Å². The number of rotatable bonds is 4. The maximum Gasteiger partial charge on any atom is 0.145 e. The Kier molecular flexibility index (Phi) is 5.06. The number of aromatic nitrogens is 2. The van der Waals surface area contributed by atoms with Gasteiger partial charge in [0.05, 0.1) is 28.2 Å². The molecular weight excluding hydrogens is 520 g/mol. The van der Waals surface area contributed by atoms with Crippen LogP contribution >= 0.6 is 0 Å². The lowest BCUT2D eigenvalue weighted by atomic mass is 9.47. The zero-order valence-corrected chi connectivity index (χ0v) is 23.6. The van der Waals surface area contributed by atoms with Gasteiger partial charge in [0, 0.05) is 10.8 Å². The zero-order valence-electron chi connectivity index (χ0n) is 23.6. The van der Waals surface area contributed by atoms with E-state index in [9.17, 15) is 0 Å². The van der Waals surface area contributed by atoms with E-state index in [4.69, 9.17) is 4.98 Å². The van der Waals surface area contributed by atoms with Gasteiger partial charge in [-0.1, -0.05) is 164 Å². The third kappa shape index (κ3) is 2.95. The van der Waals surface area contributed by atoms with Gasteiger partial charge in [-0.15, -0.1) is 0 Å². The molecule has 0 N–H and O–H groups in total. The van der Waals surface area contributed by atoms with Gasteiger partial charge in [-0.3, -0.25) is 4.40 Å². The molecule has 0 bridgehead atoms. The van der Waals surface area contributed by atoms with Crippen molar-refractivity contribution in [3.05, 3.63) is 203 Å². The minimum atomic E-state index is -0.665. The average molecular weight is 549 g/mol. The molecule has 43 heavy (non-hydrogen) atoms. The molecule has 202 valence electrons. The third-order valence-electron chi connectivity index (χ3n) is 9.66. The summed E-state index contributed by atoms with van der Waals surface area (Å²) in [4.78, 5) is 5.26. The molecule has 0 spiro atoms. The molecule has 0 saturated heterocycles. The van der Waals surface area contributed by atoms with Crippen molar-refractivity contribution < 1.29 is 0 Å². The lowest BCUT2D eigenvalue weighted by molar-refractivity contribution is 0.401. The summed E-state index contributed by atoms with van der Waals surface area (Å²) in [5.74, 6) is 0. The molecule has 0 saturated carbocycles. The van der Waals surface area contributed by atoms with E-state index < -0.39 is 10.8 Å². The smallest absolute Gasteiger partial charge is 0.145 e. The van der Waals surface area contributed by atoms with Gasteiger partial charge >= 0.3 is 0 Å². The Morgan fingerprint density at radius 2 is 0.837 bits per heavy atom. The summed E-state index contributed by atoms with van der Waals surface area (Å²) in [6.07, 6.45) is 2.15. The topological polar surface area (TPSA) is 17.3 Å². The van der Waals surface area contributed by atoms with E-state index in [-0.39, 0.29) is 0 Å². The molecule has 2 nitrogen and oxygen atoms in total. The Hall–Kier alpha value is -5.47. The molecule has 6 aromatic carbocycles. The number of hydrogen-bond acceptors (Lipinski definition) is 1. The number of para-hydroxylation sites is 1.